The first-order valence-electron chi connectivity index (χ1n) is 12.8. The Kier molecular flexibility index (Phi) is 33.8. The molecule has 0 aromatic heterocycles. The highest BCUT2D eigenvalue weighted by Gasteiger charge is 2.13. The molecule has 186 valence electrons. The molecule has 0 aliphatic carbocycles. The van der Waals surface area contributed by atoms with Crippen molar-refractivity contribution in [2.24, 2.45) is 0 Å². The number of quaternary nitrogens is 1. The van der Waals surface area contributed by atoms with Gasteiger partial charge in [-0.05, 0) is 25.7 Å². The summed E-state index contributed by atoms with van der Waals surface area (Å²) in [6.07, 6.45) is 23.0. The summed E-state index contributed by atoms with van der Waals surface area (Å²) in [4.78, 5) is 0. The van der Waals surface area contributed by atoms with E-state index in [0.717, 1.165) is 0 Å². The second-order valence-corrected chi connectivity index (χ2v) is 9.32. The minimum Gasteiger partial charge on any atom is -1.00 e. The maximum Gasteiger partial charge on any atom is 0.0782 e. The quantitative estimate of drug-likeness (QED) is 0.187. The summed E-state index contributed by atoms with van der Waals surface area (Å²) in [5.74, 6) is 0. The average molecular weight is 452 g/mol. The third kappa shape index (κ3) is 32.8. The lowest BCUT2D eigenvalue weighted by Crippen LogP contribution is -3.00. The van der Waals surface area contributed by atoms with Gasteiger partial charge in [-0.25, -0.2) is 0 Å². The Bertz CT molecular complexity index is 262. The van der Waals surface area contributed by atoms with Crippen molar-refractivity contribution < 1.29 is 26.4 Å². The first-order chi connectivity index (χ1) is 14.0. The maximum atomic E-state index is 4.66. The van der Waals surface area contributed by atoms with Crippen molar-refractivity contribution in [3.63, 3.8) is 0 Å². The van der Waals surface area contributed by atoms with Crippen molar-refractivity contribution in [1.82, 2.24) is 0 Å². The molecule has 0 heterocycles. The molecule has 0 saturated carbocycles. The molecule has 0 radical (unpaired) electrons. The zero-order chi connectivity index (χ0) is 22.1. The lowest BCUT2D eigenvalue weighted by Gasteiger charge is -2.30. The van der Waals surface area contributed by atoms with E-state index in [2.05, 4.69) is 37.4 Å². The van der Waals surface area contributed by atoms with E-state index < -0.39 is 0 Å². The van der Waals surface area contributed by atoms with Gasteiger partial charge in [-0.2, -0.15) is 0 Å². The highest BCUT2D eigenvalue weighted by Crippen LogP contribution is 2.13. The van der Waals surface area contributed by atoms with Crippen molar-refractivity contribution in [2.75, 3.05) is 54.6 Å². The van der Waals surface area contributed by atoms with Gasteiger partial charge in [-0.15, -0.1) is 0 Å². The Balaban J connectivity index is -0.000000905. The van der Waals surface area contributed by atoms with Crippen molar-refractivity contribution in [3.8, 4) is 0 Å². The van der Waals surface area contributed by atoms with E-state index in [4.69, 9.17) is 0 Å². The van der Waals surface area contributed by atoms with Gasteiger partial charge in [0.05, 0.1) is 40.4 Å². The number of hydrogen-bond acceptors (Lipinski definition) is 2. The smallest absolute Gasteiger partial charge is 0.0782 e. The van der Waals surface area contributed by atoms with E-state index in [9.17, 15) is 0 Å². The van der Waals surface area contributed by atoms with Crippen LogP contribution in [0.2, 0.25) is 0 Å². The Hall–Kier alpha value is 0.170. The molecule has 0 atom stereocenters. The second kappa shape index (κ2) is 29.2. The molecule has 3 nitrogen and oxygen atoms in total. The Morgan fingerprint density at radius 3 is 1.00 bits per heavy atom. The predicted octanol–water partition coefficient (Wildman–Crippen LogP) is 4.63. The molecule has 0 aromatic carbocycles. The summed E-state index contributed by atoms with van der Waals surface area (Å²) in [6.45, 7) is 8.74. The molecular formula is C26H58ClNO2. The zero-order valence-corrected chi connectivity index (χ0v) is 22.5. The largest absolute Gasteiger partial charge is 1.00 e. The first kappa shape index (κ1) is 34.8. The van der Waals surface area contributed by atoms with Crippen LogP contribution >= 0.6 is 0 Å². The van der Waals surface area contributed by atoms with Crippen molar-refractivity contribution in [2.45, 2.75) is 117 Å². The standard InChI is InChI=1S/C22H48N.C4H10O2.ClH/c1-5-7-9-11-13-15-17-19-21-23(3,4)22-20-18-16-14-12-10-8-6-2;1-5-3-4-6-2;/h5-22H2,1-4H3;3-4H2,1-2H3;1H/q+1;;/p-1. The molecule has 0 N–H and O–H groups in total. The van der Waals surface area contributed by atoms with Gasteiger partial charge in [0.25, 0.3) is 0 Å². The molecule has 0 aliphatic heterocycles. The molecule has 0 spiro atoms. The average Bonchev–Trinajstić information content (AvgIpc) is 2.71. The predicted molar refractivity (Wildman–Crippen MR) is 131 cm³/mol. The molecule has 30 heavy (non-hydrogen) atoms. The number of nitrogens with zero attached hydrogens (tertiary/aromatic N) is 1. The molecule has 0 rings (SSSR count). The number of rotatable bonds is 21. The van der Waals surface area contributed by atoms with Gasteiger partial charge < -0.3 is 26.4 Å². The molecule has 0 aromatic rings. The van der Waals surface area contributed by atoms with Gasteiger partial charge in [0.2, 0.25) is 0 Å². The van der Waals surface area contributed by atoms with Crippen LogP contribution in [0.4, 0.5) is 0 Å². The summed E-state index contributed by atoms with van der Waals surface area (Å²) < 4.78 is 10.6. The molecule has 0 unspecified atom stereocenters. The van der Waals surface area contributed by atoms with E-state index in [1.54, 1.807) is 14.2 Å². The van der Waals surface area contributed by atoms with Crippen molar-refractivity contribution in [1.29, 1.82) is 0 Å². The molecule has 0 aliphatic rings. The molecule has 0 bridgehead atoms. The number of methoxy groups -OCH3 is 2. The van der Waals surface area contributed by atoms with E-state index in [1.807, 2.05) is 0 Å². The van der Waals surface area contributed by atoms with Crippen molar-refractivity contribution >= 4 is 0 Å². The van der Waals surface area contributed by atoms with Gasteiger partial charge in [-0.1, -0.05) is 90.9 Å². The van der Waals surface area contributed by atoms with Crippen LogP contribution < -0.4 is 12.4 Å². The molecule has 0 amide bonds. The summed E-state index contributed by atoms with van der Waals surface area (Å²) in [7, 11) is 8.17. The summed E-state index contributed by atoms with van der Waals surface area (Å²) in [6, 6.07) is 0. The summed E-state index contributed by atoms with van der Waals surface area (Å²) in [5.41, 5.74) is 0. The minimum absolute atomic E-state index is 0. The highest BCUT2D eigenvalue weighted by atomic mass is 35.5. The van der Waals surface area contributed by atoms with Gasteiger partial charge >= 0.3 is 0 Å². The highest BCUT2D eigenvalue weighted by molar-refractivity contribution is 4.48. The summed E-state index contributed by atoms with van der Waals surface area (Å²) in [5, 5.41) is 0. The first-order valence-corrected chi connectivity index (χ1v) is 12.8. The molecule has 0 saturated heterocycles. The number of ether oxygens (including phenoxy) is 2. The fraction of sp³-hybridized carbons (Fsp3) is 1.00. The van der Waals surface area contributed by atoms with Crippen LogP contribution in [0.15, 0.2) is 0 Å². The summed E-state index contributed by atoms with van der Waals surface area (Å²) >= 11 is 0. The molecule has 0 fully saturated rings. The lowest BCUT2D eigenvalue weighted by molar-refractivity contribution is -0.890. The van der Waals surface area contributed by atoms with Crippen LogP contribution in [0.5, 0.6) is 0 Å². The van der Waals surface area contributed by atoms with Gasteiger partial charge in [-0.3, -0.25) is 0 Å². The Labute approximate surface area is 197 Å². The third-order valence-electron chi connectivity index (χ3n) is 5.73. The topological polar surface area (TPSA) is 18.5 Å². The van der Waals surface area contributed by atoms with Gasteiger partial charge in [0.1, 0.15) is 0 Å². The van der Waals surface area contributed by atoms with Crippen LogP contribution in [0.25, 0.3) is 0 Å². The van der Waals surface area contributed by atoms with E-state index >= 15 is 0 Å². The number of hydrogen-bond donors (Lipinski definition) is 0. The number of unbranched alkanes of at least 4 members (excludes halogenated alkanes) is 14. The van der Waals surface area contributed by atoms with Crippen LogP contribution in [0.1, 0.15) is 117 Å². The fourth-order valence-corrected chi connectivity index (χ4v) is 3.63. The SMILES string of the molecule is CCCCCCCCCC[N+](C)(C)CCCCCCCCCC.COCCOC.[Cl-]. The monoisotopic (exact) mass is 451 g/mol. The van der Waals surface area contributed by atoms with Crippen molar-refractivity contribution in [3.05, 3.63) is 0 Å². The Morgan fingerprint density at radius 2 is 0.733 bits per heavy atom. The van der Waals surface area contributed by atoms with Gasteiger partial charge in [0.15, 0.2) is 0 Å². The third-order valence-corrected chi connectivity index (χ3v) is 5.73. The second-order valence-electron chi connectivity index (χ2n) is 9.32. The zero-order valence-electron chi connectivity index (χ0n) is 21.8. The van der Waals surface area contributed by atoms with Crippen LogP contribution in [0, 0.1) is 0 Å². The maximum absolute atomic E-state index is 4.66. The molecule has 4 heteroatoms. The van der Waals surface area contributed by atoms with Crippen LogP contribution in [-0.2, 0) is 9.47 Å². The van der Waals surface area contributed by atoms with E-state index in [0.29, 0.717) is 13.2 Å². The van der Waals surface area contributed by atoms with Gasteiger partial charge in [0, 0.05) is 14.2 Å². The van der Waals surface area contributed by atoms with E-state index in [1.165, 1.54) is 120 Å². The normalized spacial score (nSPS) is 11.0. The number of halogens is 1. The lowest BCUT2D eigenvalue weighted by atomic mass is 10.1. The Morgan fingerprint density at radius 1 is 0.467 bits per heavy atom. The van der Waals surface area contributed by atoms with Crippen LogP contribution in [0.3, 0.4) is 0 Å². The fourth-order valence-electron chi connectivity index (χ4n) is 3.63. The van der Waals surface area contributed by atoms with Crippen LogP contribution in [-0.4, -0.2) is 59.1 Å². The molecular weight excluding hydrogens is 394 g/mol. The van der Waals surface area contributed by atoms with E-state index in [-0.39, 0.29) is 12.4 Å². The minimum atomic E-state index is 0.